The lowest BCUT2D eigenvalue weighted by Crippen LogP contribution is -2.15. The summed E-state index contributed by atoms with van der Waals surface area (Å²) in [6, 6.07) is 0. The molecule has 0 saturated heterocycles. The maximum atomic E-state index is 14.6. The third-order valence-electron chi connectivity index (χ3n) is 4.79. The number of allylic oxidation sites excluding steroid dienone is 9. The van der Waals surface area contributed by atoms with E-state index in [1.807, 2.05) is 0 Å². The van der Waals surface area contributed by atoms with Crippen molar-refractivity contribution in [2.24, 2.45) is 5.92 Å². The quantitative estimate of drug-likeness (QED) is 0.131. The van der Waals surface area contributed by atoms with E-state index >= 15 is 0 Å². The molecule has 0 aliphatic rings. The van der Waals surface area contributed by atoms with Gasteiger partial charge < -0.3 is 9.47 Å². The van der Waals surface area contributed by atoms with E-state index in [1.165, 1.54) is 24.3 Å². The fourth-order valence-corrected chi connectivity index (χ4v) is 2.08. The van der Waals surface area contributed by atoms with Gasteiger partial charge in [-0.05, 0) is 35.6 Å². The molecule has 0 aromatic carbocycles. The van der Waals surface area contributed by atoms with Crippen molar-refractivity contribution in [1.82, 2.24) is 0 Å². The van der Waals surface area contributed by atoms with Crippen LogP contribution in [0.2, 0.25) is 0 Å². The molecule has 0 aliphatic heterocycles. The van der Waals surface area contributed by atoms with Crippen LogP contribution in [0.5, 0.6) is 0 Å². The summed E-state index contributed by atoms with van der Waals surface area (Å²) in [5.74, 6) is -3.29. The highest BCUT2D eigenvalue weighted by Crippen LogP contribution is 2.28. The summed E-state index contributed by atoms with van der Waals surface area (Å²) in [5, 5.41) is 0. The molecule has 5 heteroatoms. The Morgan fingerprint density at radius 1 is 0.879 bits per heavy atom. The first kappa shape index (κ1) is 30.0. The molecular formula is C28H35F3O2. The van der Waals surface area contributed by atoms with Crippen LogP contribution in [0.15, 0.2) is 121 Å². The standard InChI is InChI=1S/C28H35F3O2/c1-11-15-32-25(10)28(31)27(30)23(8)20(5)14-13-19(4)22(7)26(29)16-21(6)24(9)33-17-18(3)12-2/h11,13-14,16,18,24H,1,4-8,10,12,15,17H2,2-3,9H3/b14-13-,26-16+,28-27-. The molecule has 2 nitrogen and oxygen atoms in total. The van der Waals surface area contributed by atoms with Gasteiger partial charge in [0.25, 0.3) is 0 Å². The molecule has 0 heterocycles. The molecule has 0 fully saturated rings. The van der Waals surface area contributed by atoms with Gasteiger partial charge >= 0.3 is 0 Å². The highest BCUT2D eigenvalue weighted by Gasteiger charge is 2.16. The monoisotopic (exact) mass is 460 g/mol. The Bertz CT molecular complexity index is 900. The average molecular weight is 461 g/mol. The van der Waals surface area contributed by atoms with E-state index in [1.54, 1.807) is 6.92 Å². The minimum Gasteiger partial charge on any atom is -0.487 e. The van der Waals surface area contributed by atoms with Crippen molar-refractivity contribution in [2.45, 2.75) is 33.3 Å². The number of rotatable bonds is 16. The third-order valence-corrected chi connectivity index (χ3v) is 4.79. The first-order valence-corrected chi connectivity index (χ1v) is 10.5. The zero-order chi connectivity index (χ0) is 25.7. The Morgan fingerprint density at radius 2 is 1.42 bits per heavy atom. The van der Waals surface area contributed by atoms with Crippen LogP contribution in [0.3, 0.4) is 0 Å². The Morgan fingerprint density at radius 3 is 1.94 bits per heavy atom. The summed E-state index contributed by atoms with van der Waals surface area (Å²) in [7, 11) is 0. The SMILES string of the molecule is C=CCOC(=C)/C(F)=C(/F)C(=C)C(=C)/C=C\C(=C)C(=C)/C(F)=C\C(=C)C(C)OCC(C)CC. The molecule has 0 aliphatic carbocycles. The second-order valence-electron chi connectivity index (χ2n) is 7.55. The maximum absolute atomic E-state index is 14.6. The van der Waals surface area contributed by atoms with E-state index in [-0.39, 0.29) is 35.0 Å². The first-order chi connectivity index (χ1) is 15.4. The number of hydrogen-bond donors (Lipinski definition) is 0. The topological polar surface area (TPSA) is 18.5 Å². The lowest BCUT2D eigenvalue weighted by Gasteiger charge is -2.16. The van der Waals surface area contributed by atoms with Crippen molar-refractivity contribution in [2.75, 3.05) is 13.2 Å². The van der Waals surface area contributed by atoms with Gasteiger partial charge in [-0.2, -0.15) is 4.39 Å². The molecule has 0 rings (SSSR count). The minimum atomic E-state index is -1.29. The Balaban J connectivity index is 5.15. The van der Waals surface area contributed by atoms with Crippen LogP contribution in [-0.4, -0.2) is 19.3 Å². The molecular weight excluding hydrogens is 425 g/mol. The predicted molar refractivity (Wildman–Crippen MR) is 133 cm³/mol. The Kier molecular flexibility index (Phi) is 13.5. The second-order valence-corrected chi connectivity index (χ2v) is 7.55. The van der Waals surface area contributed by atoms with Crippen molar-refractivity contribution >= 4 is 0 Å². The highest BCUT2D eigenvalue weighted by atomic mass is 19.2. The lowest BCUT2D eigenvalue weighted by molar-refractivity contribution is 0.0663. The Hall–Kier alpha value is -3.05. The minimum absolute atomic E-state index is 0.00772. The number of halogens is 3. The van der Waals surface area contributed by atoms with Gasteiger partial charge in [-0.15, -0.1) is 0 Å². The molecule has 2 unspecified atom stereocenters. The van der Waals surface area contributed by atoms with Crippen LogP contribution in [0.1, 0.15) is 27.2 Å². The van der Waals surface area contributed by atoms with Gasteiger partial charge in [0.1, 0.15) is 12.4 Å². The highest BCUT2D eigenvalue weighted by molar-refractivity contribution is 5.53. The van der Waals surface area contributed by atoms with Gasteiger partial charge in [0.15, 0.2) is 11.6 Å². The van der Waals surface area contributed by atoms with Crippen LogP contribution in [0, 0.1) is 5.92 Å². The van der Waals surface area contributed by atoms with Gasteiger partial charge in [-0.3, -0.25) is 0 Å². The smallest absolute Gasteiger partial charge is 0.200 e. The van der Waals surface area contributed by atoms with Gasteiger partial charge in [-0.1, -0.05) is 84.5 Å². The van der Waals surface area contributed by atoms with Gasteiger partial charge in [0.2, 0.25) is 5.83 Å². The molecule has 0 spiro atoms. The van der Waals surface area contributed by atoms with E-state index in [4.69, 9.17) is 9.47 Å². The largest absolute Gasteiger partial charge is 0.487 e. The summed E-state index contributed by atoms with van der Waals surface area (Å²) in [6.07, 6.45) is 5.94. The van der Waals surface area contributed by atoms with Crippen LogP contribution >= 0.6 is 0 Å². The zero-order valence-electron chi connectivity index (χ0n) is 20.0. The third kappa shape index (κ3) is 10.4. The molecule has 2 atom stereocenters. The van der Waals surface area contributed by atoms with Gasteiger partial charge in [-0.25, -0.2) is 8.78 Å². The molecule has 0 aromatic rings. The molecule has 0 saturated carbocycles. The average Bonchev–Trinajstić information content (AvgIpc) is 2.81. The normalized spacial score (nSPS) is 14.2. The number of ether oxygens (including phenoxy) is 2. The zero-order valence-corrected chi connectivity index (χ0v) is 20.0. The molecule has 0 N–H and O–H groups in total. The fourth-order valence-electron chi connectivity index (χ4n) is 2.08. The molecule has 0 bridgehead atoms. The van der Waals surface area contributed by atoms with Crippen molar-refractivity contribution in [3.63, 3.8) is 0 Å². The van der Waals surface area contributed by atoms with Crippen molar-refractivity contribution in [3.8, 4) is 0 Å². The first-order valence-electron chi connectivity index (χ1n) is 10.5. The summed E-state index contributed by atoms with van der Waals surface area (Å²) < 4.78 is 53.5. The van der Waals surface area contributed by atoms with E-state index in [0.29, 0.717) is 18.1 Å². The summed E-state index contributed by atoms with van der Waals surface area (Å²) in [6.45, 7) is 31.6. The molecule has 180 valence electrons. The van der Waals surface area contributed by atoms with E-state index < -0.39 is 23.2 Å². The van der Waals surface area contributed by atoms with Crippen LogP contribution in [-0.2, 0) is 9.47 Å². The van der Waals surface area contributed by atoms with Crippen LogP contribution < -0.4 is 0 Å². The molecule has 0 aromatic heterocycles. The molecule has 0 radical (unpaired) electrons. The summed E-state index contributed by atoms with van der Waals surface area (Å²) >= 11 is 0. The molecule has 0 amide bonds. The Labute approximate surface area is 196 Å². The van der Waals surface area contributed by atoms with E-state index in [9.17, 15) is 13.2 Å². The predicted octanol–water partition coefficient (Wildman–Crippen LogP) is 8.50. The van der Waals surface area contributed by atoms with Crippen LogP contribution in [0.25, 0.3) is 0 Å². The van der Waals surface area contributed by atoms with Crippen molar-refractivity contribution in [3.05, 3.63) is 121 Å². The summed E-state index contributed by atoms with van der Waals surface area (Å²) in [4.78, 5) is 0. The van der Waals surface area contributed by atoms with Crippen LogP contribution in [0.4, 0.5) is 13.2 Å². The maximum Gasteiger partial charge on any atom is 0.200 e. The number of hydrogen-bond acceptors (Lipinski definition) is 2. The van der Waals surface area contributed by atoms with Gasteiger partial charge in [0.05, 0.1) is 6.10 Å². The lowest BCUT2D eigenvalue weighted by atomic mass is 10.0. The van der Waals surface area contributed by atoms with E-state index in [2.05, 4.69) is 59.9 Å². The molecule has 33 heavy (non-hydrogen) atoms. The second kappa shape index (κ2) is 14.9. The van der Waals surface area contributed by atoms with Crippen molar-refractivity contribution in [1.29, 1.82) is 0 Å². The van der Waals surface area contributed by atoms with Crippen molar-refractivity contribution < 1.29 is 22.6 Å². The van der Waals surface area contributed by atoms with Gasteiger partial charge in [0, 0.05) is 17.8 Å². The fraction of sp³-hybridized carbons (Fsp3) is 0.286. The van der Waals surface area contributed by atoms with E-state index in [0.717, 1.165) is 6.42 Å². The summed E-state index contributed by atoms with van der Waals surface area (Å²) in [5.41, 5.74) is 0.403.